The van der Waals surface area contributed by atoms with Crippen molar-refractivity contribution in [3.8, 4) is 0 Å². The number of nitrogens with zero attached hydrogens (tertiary/aromatic N) is 3. The lowest BCUT2D eigenvalue weighted by atomic mass is 10.0. The van der Waals surface area contributed by atoms with Gasteiger partial charge in [0, 0.05) is 32.4 Å². The number of likely N-dealkylation sites (N-methyl/N-ethyl adjacent to an activating group) is 1. The number of aromatic nitrogens is 3. The van der Waals surface area contributed by atoms with E-state index in [0.29, 0.717) is 12.6 Å². The summed E-state index contributed by atoms with van der Waals surface area (Å²) in [6.45, 7) is 2.33. The first kappa shape index (κ1) is 13.8. The van der Waals surface area contributed by atoms with Crippen molar-refractivity contribution in [2.45, 2.75) is 18.9 Å². The average molecular weight is 288 g/mol. The quantitative estimate of drug-likeness (QED) is 0.766. The van der Waals surface area contributed by atoms with E-state index in [0.717, 1.165) is 42.8 Å². The second kappa shape index (κ2) is 6.09. The van der Waals surface area contributed by atoms with Crippen molar-refractivity contribution in [1.82, 2.24) is 25.2 Å². The molecule has 7 heteroatoms. The van der Waals surface area contributed by atoms with E-state index in [1.165, 1.54) is 0 Å². The predicted molar refractivity (Wildman–Crippen MR) is 81.0 cm³/mol. The summed E-state index contributed by atoms with van der Waals surface area (Å²) in [6, 6.07) is 2.37. The lowest BCUT2D eigenvalue weighted by Crippen LogP contribution is -2.43. The minimum Gasteiger partial charge on any atom is -0.367 e. The van der Waals surface area contributed by atoms with E-state index in [9.17, 15) is 4.79 Å². The zero-order valence-corrected chi connectivity index (χ0v) is 12.1. The molecule has 0 unspecified atom stereocenters. The Morgan fingerprint density at radius 3 is 3.00 bits per heavy atom. The molecule has 3 heterocycles. The summed E-state index contributed by atoms with van der Waals surface area (Å²) in [6.07, 6.45) is 5.46. The van der Waals surface area contributed by atoms with Crippen molar-refractivity contribution in [1.29, 1.82) is 0 Å². The summed E-state index contributed by atoms with van der Waals surface area (Å²) in [7, 11) is 1.67. The highest BCUT2D eigenvalue weighted by Crippen LogP contribution is 2.21. The summed E-state index contributed by atoms with van der Waals surface area (Å²) in [5.41, 5.74) is 0.851. The van der Waals surface area contributed by atoms with Gasteiger partial charge in [0.1, 0.15) is 17.8 Å². The van der Waals surface area contributed by atoms with Gasteiger partial charge in [0.15, 0.2) is 0 Å². The van der Waals surface area contributed by atoms with Gasteiger partial charge in [-0.05, 0) is 18.9 Å². The summed E-state index contributed by atoms with van der Waals surface area (Å²) in [5.74, 6) is 0.956. The van der Waals surface area contributed by atoms with Gasteiger partial charge in [-0.3, -0.25) is 9.69 Å². The van der Waals surface area contributed by atoms with Crippen LogP contribution in [0.1, 0.15) is 12.8 Å². The zero-order chi connectivity index (χ0) is 14.7. The van der Waals surface area contributed by atoms with Gasteiger partial charge in [-0.25, -0.2) is 9.97 Å². The Labute approximate surface area is 123 Å². The molecule has 1 fully saturated rings. The maximum Gasteiger partial charge on any atom is 0.233 e. The van der Waals surface area contributed by atoms with Crippen LogP contribution >= 0.6 is 0 Å². The zero-order valence-electron chi connectivity index (χ0n) is 12.1. The molecule has 0 radical (unpaired) electrons. The molecule has 112 valence electrons. The fourth-order valence-electron chi connectivity index (χ4n) is 2.70. The van der Waals surface area contributed by atoms with Gasteiger partial charge in [0.25, 0.3) is 0 Å². The number of rotatable bonds is 4. The van der Waals surface area contributed by atoms with Crippen molar-refractivity contribution >= 4 is 22.8 Å². The first-order valence-electron chi connectivity index (χ1n) is 7.24. The second-order valence-corrected chi connectivity index (χ2v) is 5.33. The number of nitrogens with one attached hydrogen (secondary N) is 3. The van der Waals surface area contributed by atoms with Gasteiger partial charge in [-0.2, -0.15) is 0 Å². The lowest BCUT2D eigenvalue weighted by molar-refractivity contribution is -0.122. The summed E-state index contributed by atoms with van der Waals surface area (Å²) >= 11 is 0. The fourth-order valence-corrected chi connectivity index (χ4v) is 2.70. The molecule has 0 aliphatic carbocycles. The number of amides is 1. The summed E-state index contributed by atoms with van der Waals surface area (Å²) < 4.78 is 0. The van der Waals surface area contributed by atoms with E-state index >= 15 is 0 Å². The highest BCUT2D eigenvalue weighted by molar-refractivity contribution is 5.86. The van der Waals surface area contributed by atoms with E-state index in [1.54, 1.807) is 13.4 Å². The molecule has 0 spiro atoms. The third-order valence-corrected chi connectivity index (χ3v) is 3.93. The molecule has 0 saturated carbocycles. The fraction of sp³-hybridized carbons (Fsp3) is 0.500. The van der Waals surface area contributed by atoms with Gasteiger partial charge in [0.2, 0.25) is 5.91 Å². The normalized spacial score (nSPS) is 17.0. The molecule has 1 aliphatic heterocycles. The van der Waals surface area contributed by atoms with Gasteiger partial charge < -0.3 is 15.6 Å². The van der Waals surface area contributed by atoms with E-state index in [-0.39, 0.29) is 5.91 Å². The van der Waals surface area contributed by atoms with E-state index in [4.69, 9.17) is 0 Å². The van der Waals surface area contributed by atoms with Gasteiger partial charge in [-0.1, -0.05) is 0 Å². The predicted octanol–water partition coefficient (Wildman–Crippen LogP) is 0.580. The van der Waals surface area contributed by atoms with Crippen molar-refractivity contribution in [2.75, 3.05) is 32.0 Å². The largest absolute Gasteiger partial charge is 0.367 e. The first-order valence-corrected chi connectivity index (χ1v) is 7.24. The van der Waals surface area contributed by atoms with Crippen LogP contribution in [0.3, 0.4) is 0 Å². The smallest absolute Gasteiger partial charge is 0.233 e. The molecule has 21 heavy (non-hydrogen) atoms. The Kier molecular flexibility index (Phi) is 4.01. The topological polar surface area (TPSA) is 85.9 Å². The van der Waals surface area contributed by atoms with Crippen LogP contribution in [0.4, 0.5) is 5.82 Å². The molecule has 2 aromatic rings. The number of piperidine rings is 1. The first-order chi connectivity index (χ1) is 10.3. The number of carbonyl (C=O) groups is 1. The van der Waals surface area contributed by atoms with Crippen LogP contribution in [0.15, 0.2) is 18.6 Å². The molecule has 0 atom stereocenters. The third kappa shape index (κ3) is 3.13. The lowest BCUT2D eigenvalue weighted by Gasteiger charge is -2.32. The number of carbonyl (C=O) groups excluding carboxylic acids is 1. The van der Waals surface area contributed by atoms with Crippen LogP contribution in [0, 0.1) is 0 Å². The maximum absolute atomic E-state index is 11.4. The third-order valence-electron chi connectivity index (χ3n) is 3.93. The second-order valence-electron chi connectivity index (χ2n) is 5.33. The number of fused-ring (bicyclic) bond motifs is 1. The summed E-state index contributed by atoms with van der Waals surface area (Å²) in [4.78, 5) is 25.2. The Morgan fingerprint density at radius 2 is 2.24 bits per heavy atom. The Balaban J connectivity index is 1.58. The van der Waals surface area contributed by atoms with E-state index in [2.05, 4.69) is 30.5 Å². The molecule has 1 aliphatic rings. The van der Waals surface area contributed by atoms with Crippen LogP contribution in [-0.4, -0.2) is 58.5 Å². The van der Waals surface area contributed by atoms with E-state index < -0.39 is 0 Å². The molecular formula is C14H20N6O. The Hall–Kier alpha value is -2.15. The van der Waals surface area contributed by atoms with E-state index in [1.807, 2.05) is 12.3 Å². The molecule has 0 bridgehead atoms. The molecule has 3 rings (SSSR count). The number of hydrogen-bond acceptors (Lipinski definition) is 5. The minimum absolute atomic E-state index is 0.0752. The molecule has 1 saturated heterocycles. The summed E-state index contributed by atoms with van der Waals surface area (Å²) in [5, 5.41) is 7.18. The monoisotopic (exact) mass is 288 g/mol. The highest BCUT2D eigenvalue weighted by Gasteiger charge is 2.21. The highest BCUT2D eigenvalue weighted by atomic mass is 16.1. The van der Waals surface area contributed by atoms with Crippen LogP contribution < -0.4 is 10.6 Å². The molecule has 2 aromatic heterocycles. The van der Waals surface area contributed by atoms with Gasteiger partial charge in [0.05, 0.1) is 11.9 Å². The number of aromatic amines is 1. The number of anilines is 1. The van der Waals surface area contributed by atoms with Crippen LogP contribution in [0.25, 0.3) is 11.0 Å². The number of hydrogen-bond donors (Lipinski definition) is 3. The van der Waals surface area contributed by atoms with Gasteiger partial charge >= 0.3 is 0 Å². The SMILES string of the molecule is CNC(=O)CN1CCC(Nc2ncnc3[nH]ccc23)CC1. The van der Waals surface area contributed by atoms with Crippen molar-refractivity contribution in [2.24, 2.45) is 0 Å². The number of H-pyrrole nitrogens is 1. The molecule has 3 N–H and O–H groups in total. The standard InChI is InChI=1S/C14H20N6O/c1-15-12(21)8-20-6-3-10(4-7-20)19-14-11-2-5-16-13(11)17-9-18-14/h2,5,9-10H,3-4,6-8H2,1H3,(H,15,21)(H2,16,17,18,19). The Morgan fingerprint density at radius 1 is 1.43 bits per heavy atom. The Bertz CT molecular complexity index is 617. The molecular weight excluding hydrogens is 268 g/mol. The molecule has 1 amide bonds. The minimum atomic E-state index is 0.0752. The van der Waals surface area contributed by atoms with Crippen LogP contribution in [-0.2, 0) is 4.79 Å². The van der Waals surface area contributed by atoms with Crippen molar-refractivity contribution in [3.63, 3.8) is 0 Å². The maximum atomic E-state index is 11.4. The van der Waals surface area contributed by atoms with Crippen LogP contribution in [0.2, 0.25) is 0 Å². The molecule has 0 aromatic carbocycles. The average Bonchev–Trinajstić information content (AvgIpc) is 2.99. The van der Waals surface area contributed by atoms with Crippen LogP contribution in [0.5, 0.6) is 0 Å². The number of likely N-dealkylation sites (tertiary alicyclic amines) is 1. The molecule has 7 nitrogen and oxygen atoms in total. The van der Waals surface area contributed by atoms with Crippen molar-refractivity contribution < 1.29 is 4.79 Å². The van der Waals surface area contributed by atoms with Crippen molar-refractivity contribution in [3.05, 3.63) is 18.6 Å². The van der Waals surface area contributed by atoms with Gasteiger partial charge in [-0.15, -0.1) is 0 Å².